The fourth-order valence-corrected chi connectivity index (χ4v) is 14.7. The third kappa shape index (κ3) is 7.50. The Morgan fingerprint density at radius 3 is 0.988 bits per heavy atom. The zero-order valence-corrected chi connectivity index (χ0v) is 48.3. The molecule has 0 N–H and O–H groups in total. The molecule has 10 heteroatoms. The monoisotopic (exact) mass is 1090 g/mol. The number of halogens is 6. The second kappa shape index (κ2) is 18.0. The van der Waals surface area contributed by atoms with E-state index in [0.717, 1.165) is 98.7 Å². The van der Waals surface area contributed by atoms with Crippen molar-refractivity contribution in [2.75, 3.05) is 0 Å². The van der Waals surface area contributed by atoms with E-state index < -0.39 is 36.9 Å². The van der Waals surface area contributed by atoms with E-state index in [0.29, 0.717) is 44.7 Å². The van der Waals surface area contributed by atoms with Crippen molar-refractivity contribution in [3.63, 3.8) is 0 Å². The van der Waals surface area contributed by atoms with Crippen molar-refractivity contribution in [3.8, 4) is 67.5 Å². The molecule has 0 saturated heterocycles. The van der Waals surface area contributed by atoms with Crippen LogP contribution >= 0.6 is 0 Å². The summed E-state index contributed by atoms with van der Waals surface area (Å²) in [6.07, 6.45) is -9.41. The Bertz CT molecular complexity index is 4070. The predicted molar refractivity (Wildman–Crippen MR) is 329 cm³/mol. The van der Waals surface area contributed by atoms with Crippen LogP contribution in [0.4, 0.5) is 26.3 Å². The van der Waals surface area contributed by atoms with E-state index in [-0.39, 0.29) is 47.0 Å². The van der Waals surface area contributed by atoms with Gasteiger partial charge in [-0.15, -0.1) is 0 Å². The van der Waals surface area contributed by atoms with Crippen LogP contribution in [0, 0.1) is 0 Å². The van der Waals surface area contributed by atoms with Gasteiger partial charge in [-0.05, 0) is 216 Å². The van der Waals surface area contributed by atoms with Crippen molar-refractivity contribution in [1.29, 1.82) is 0 Å². The van der Waals surface area contributed by atoms with Crippen LogP contribution in [-0.4, -0.2) is 13.4 Å². The number of benzene rings is 10. The lowest BCUT2D eigenvalue weighted by Crippen LogP contribution is -2.58. The van der Waals surface area contributed by atoms with Crippen molar-refractivity contribution in [2.45, 2.75) is 131 Å². The van der Waals surface area contributed by atoms with Gasteiger partial charge in [0.05, 0.1) is 11.1 Å². The summed E-state index contributed by atoms with van der Waals surface area (Å²) in [6, 6.07) is 38.7. The Kier molecular flexibility index (Phi) is 11.6. The van der Waals surface area contributed by atoms with Gasteiger partial charge in [0.1, 0.15) is 23.0 Å². The highest BCUT2D eigenvalue weighted by Gasteiger charge is 2.47. The SMILES string of the molecule is CC(C)c1cc(C(C)C)c(-c2cc3c4c(cc5c(-c6c(C(C)C)cc(C(C)C)cc6C(C)C)cc6c7c(cc2c4c57)B2c4ccccc4Oc4cc(C(F)(F)F)cc-6c42)B2c4ccccc4Oc4cc(C(F)(F)F)cc-3c42)c(C(C)C)c1. The summed E-state index contributed by atoms with van der Waals surface area (Å²) >= 11 is 0. The van der Waals surface area contributed by atoms with Gasteiger partial charge in [0.25, 0.3) is 13.4 Å². The van der Waals surface area contributed by atoms with E-state index >= 15 is 26.3 Å². The summed E-state index contributed by atoms with van der Waals surface area (Å²) in [4.78, 5) is 0. The molecule has 0 amide bonds. The summed E-state index contributed by atoms with van der Waals surface area (Å²) in [5.74, 6) is 1.93. The van der Waals surface area contributed by atoms with Gasteiger partial charge in [0.15, 0.2) is 0 Å². The lowest BCUT2D eigenvalue weighted by Gasteiger charge is -2.38. The summed E-state index contributed by atoms with van der Waals surface area (Å²) in [5, 5.41) is 5.33. The zero-order valence-electron chi connectivity index (χ0n) is 48.3. The van der Waals surface area contributed by atoms with Gasteiger partial charge in [-0.25, -0.2) is 0 Å². The van der Waals surface area contributed by atoms with E-state index in [9.17, 15) is 0 Å². The fourth-order valence-electron chi connectivity index (χ4n) is 14.7. The van der Waals surface area contributed by atoms with E-state index in [1.807, 2.05) is 48.5 Å². The third-order valence-electron chi connectivity index (χ3n) is 18.6. The molecule has 0 bridgehead atoms. The Balaban J connectivity index is 1.30. The molecule has 4 aliphatic heterocycles. The normalized spacial score (nSPS) is 14.0. The van der Waals surface area contributed by atoms with E-state index in [1.54, 1.807) is 0 Å². The summed E-state index contributed by atoms with van der Waals surface area (Å²) in [6.45, 7) is 25.5. The molecule has 0 spiro atoms. The van der Waals surface area contributed by atoms with Crippen molar-refractivity contribution < 1.29 is 35.8 Å². The molecule has 2 nitrogen and oxygen atoms in total. The van der Waals surface area contributed by atoms with Crippen LogP contribution in [0.2, 0.25) is 0 Å². The molecule has 0 radical (unpaired) electrons. The predicted octanol–water partition coefficient (Wildman–Crippen LogP) is 17.9. The maximum absolute atomic E-state index is 15.6. The van der Waals surface area contributed by atoms with Gasteiger partial charge in [0, 0.05) is 0 Å². The Morgan fingerprint density at radius 1 is 0.329 bits per heavy atom. The van der Waals surface area contributed by atoms with Crippen molar-refractivity contribution in [1.82, 2.24) is 0 Å². The number of alkyl halides is 6. The lowest BCUT2D eigenvalue weighted by atomic mass is 9.31. The molecule has 10 aromatic rings. The molecule has 14 rings (SSSR count). The zero-order chi connectivity index (χ0) is 57.7. The number of ether oxygens (including phenoxy) is 2. The minimum Gasteiger partial charge on any atom is -0.458 e. The Labute approximate surface area is 476 Å². The first kappa shape index (κ1) is 52.6. The summed E-state index contributed by atoms with van der Waals surface area (Å²) < 4.78 is 107. The van der Waals surface area contributed by atoms with Gasteiger partial charge in [0.2, 0.25) is 0 Å². The molecule has 0 saturated carbocycles. The minimum atomic E-state index is -4.71. The average molecular weight is 1090 g/mol. The topological polar surface area (TPSA) is 18.5 Å². The van der Waals surface area contributed by atoms with Crippen LogP contribution in [0.15, 0.2) is 121 Å². The highest BCUT2D eigenvalue weighted by Crippen LogP contribution is 2.55. The maximum atomic E-state index is 15.6. The van der Waals surface area contributed by atoms with Crippen LogP contribution in [0.3, 0.4) is 0 Å². The molecule has 4 aliphatic rings. The summed E-state index contributed by atoms with van der Waals surface area (Å²) in [5.41, 5.74) is 16.5. The van der Waals surface area contributed by atoms with Crippen LogP contribution < -0.4 is 42.3 Å². The molecule has 0 aromatic heterocycles. The minimum absolute atomic E-state index is 0.0428. The summed E-state index contributed by atoms with van der Waals surface area (Å²) in [7, 11) is 0. The molecule has 410 valence electrons. The molecular formula is C72H62B2F6O2. The number of para-hydroxylation sites is 2. The highest BCUT2D eigenvalue weighted by atomic mass is 19.4. The van der Waals surface area contributed by atoms with Gasteiger partial charge in [-0.2, -0.15) is 26.3 Å². The largest absolute Gasteiger partial charge is 0.458 e. The highest BCUT2D eigenvalue weighted by molar-refractivity contribution is 7.01. The number of fused-ring (bicyclic) bond motifs is 8. The fraction of sp³-hybridized carbons (Fsp3) is 0.278. The molecule has 4 heterocycles. The van der Waals surface area contributed by atoms with Crippen LogP contribution in [0.25, 0.3) is 76.8 Å². The molecule has 0 aliphatic carbocycles. The first-order valence-electron chi connectivity index (χ1n) is 29.2. The first-order chi connectivity index (χ1) is 38.9. The number of hydrogen-bond donors (Lipinski definition) is 0. The van der Waals surface area contributed by atoms with Crippen molar-refractivity contribution in [2.24, 2.45) is 0 Å². The smallest absolute Gasteiger partial charge is 0.416 e. The van der Waals surface area contributed by atoms with Gasteiger partial charge in [-0.1, -0.05) is 167 Å². The quantitative estimate of drug-likeness (QED) is 0.0858. The van der Waals surface area contributed by atoms with Gasteiger partial charge in [-0.3, -0.25) is 0 Å². The number of rotatable bonds is 8. The first-order valence-corrected chi connectivity index (χ1v) is 29.2. The molecule has 10 aromatic carbocycles. The molecule has 82 heavy (non-hydrogen) atoms. The molecule has 0 fully saturated rings. The Morgan fingerprint density at radius 2 is 0.671 bits per heavy atom. The van der Waals surface area contributed by atoms with Crippen molar-refractivity contribution in [3.05, 3.63) is 166 Å². The maximum Gasteiger partial charge on any atom is 0.416 e. The Hall–Kier alpha value is -7.45. The van der Waals surface area contributed by atoms with Crippen LogP contribution in [-0.2, 0) is 12.4 Å². The van der Waals surface area contributed by atoms with Crippen molar-refractivity contribution >= 4 is 78.5 Å². The molecule has 0 unspecified atom stereocenters. The van der Waals surface area contributed by atoms with E-state index in [4.69, 9.17) is 9.47 Å². The molecule has 0 atom stereocenters. The lowest BCUT2D eigenvalue weighted by molar-refractivity contribution is -0.138. The van der Waals surface area contributed by atoms with Crippen LogP contribution in [0.1, 0.15) is 163 Å². The standard InChI is InChI=1S/C72H62B2F6O2/c1-33(2)39-21-43(35(5)6)63(44(22-39)36(7)8)47-29-49-53-25-41(71(75,76)77)27-61-69(53)74(56-18-14-16-20-60(56)81-61)58-32-52-48(64-45(37(9)10)23-40(34(3)4)24-46(64)38(11)12)30-50-54-26-42(72(78,79)80)28-62-70(54)73(55-17-13-15-19-59(55)82-62)57-31-51(47)67(65(49)58)68(52)66(50)57/h13-38H,1-12H3. The second-order valence-electron chi connectivity index (χ2n) is 25.6. The van der Waals surface area contributed by atoms with Crippen LogP contribution in [0.5, 0.6) is 23.0 Å². The second-order valence-corrected chi connectivity index (χ2v) is 25.6. The third-order valence-corrected chi connectivity index (χ3v) is 18.6. The van der Waals surface area contributed by atoms with Gasteiger partial charge >= 0.3 is 12.4 Å². The average Bonchev–Trinajstić information content (AvgIpc) is 2.63. The van der Waals surface area contributed by atoms with E-state index in [1.165, 1.54) is 35.4 Å². The van der Waals surface area contributed by atoms with Gasteiger partial charge < -0.3 is 9.47 Å². The van der Waals surface area contributed by atoms with E-state index in [2.05, 4.69) is 132 Å². The molecular weight excluding hydrogens is 1030 g/mol. The number of hydrogen-bond acceptors (Lipinski definition) is 2.